The number of carbonyl (C=O) groups excluding carboxylic acids is 1. The maximum absolute atomic E-state index is 13.1. The first-order valence-corrected chi connectivity index (χ1v) is 10.4. The number of benzene rings is 1. The van der Waals surface area contributed by atoms with Crippen LogP contribution in [0.15, 0.2) is 30.3 Å². The molecule has 7 nitrogen and oxygen atoms in total. The van der Waals surface area contributed by atoms with Crippen LogP contribution in [0.3, 0.4) is 0 Å². The second kappa shape index (κ2) is 9.24. The van der Waals surface area contributed by atoms with Gasteiger partial charge in [-0.05, 0) is 49.6 Å². The average Bonchev–Trinajstić information content (AvgIpc) is 3.25. The fourth-order valence-corrected chi connectivity index (χ4v) is 4.26. The van der Waals surface area contributed by atoms with Gasteiger partial charge >= 0.3 is 0 Å². The Labute approximate surface area is 175 Å². The third-order valence-corrected chi connectivity index (χ3v) is 6.00. The Balaban J connectivity index is 1.34. The van der Waals surface area contributed by atoms with E-state index < -0.39 is 0 Å². The summed E-state index contributed by atoms with van der Waals surface area (Å²) < 4.78 is 30.3. The molecule has 0 saturated carbocycles. The molecule has 0 radical (unpaired) electrons. The number of ether oxygens (including phenoxy) is 3. The lowest BCUT2D eigenvalue weighted by Crippen LogP contribution is -2.52. The molecule has 2 aromatic rings. The Morgan fingerprint density at radius 1 is 1.30 bits per heavy atom. The molecule has 1 N–H and O–H groups in total. The van der Waals surface area contributed by atoms with E-state index >= 15 is 0 Å². The third-order valence-electron chi connectivity index (χ3n) is 6.00. The number of aromatic amines is 1. The molecule has 1 spiro atoms. The molecule has 8 heteroatoms. The predicted molar refractivity (Wildman–Crippen MR) is 109 cm³/mol. The number of hydrogen-bond donors (Lipinski definition) is 1. The molecule has 1 amide bonds. The van der Waals surface area contributed by atoms with Crippen LogP contribution >= 0.6 is 0 Å². The molecule has 3 heterocycles. The predicted octanol–water partition coefficient (Wildman–Crippen LogP) is 3.03. The van der Waals surface area contributed by atoms with Gasteiger partial charge in [0.05, 0.1) is 30.6 Å². The van der Waals surface area contributed by atoms with E-state index in [4.69, 9.17) is 14.2 Å². The summed E-state index contributed by atoms with van der Waals surface area (Å²) in [4.78, 5) is 14.8. The van der Waals surface area contributed by atoms with Crippen LogP contribution in [-0.4, -0.2) is 72.7 Å². The molecule has 1 unspecified atom stereocenters. The summed E-state index contributed by atoms with van der Waals surface area (Å²) >= 11 is 0. The quantitative estimate of drug-likeness (QED) is 0.731. The summed E-state index contributed by atoms with van der Waals surface area (Å²) in [6, 6.07) is 7.78. The molecule has 0 aliphatic carbocycles. The molecule has 2 aliphatic heterocycles. The number of amides is 1. The number of carbonyl (C=O) groups is 1. The zero-order valence-corrected chi connectivity index (χ0v) is 17.2. The lowest BCUT2D eigenvalue weighted by Gasteiger charge is -2.46. The van der Waals surface area contributed by atoms with Gasteiger partial charge in [-0.1, -0.05) is 0 Å². The number of nitrogens with zero attached hydrogens (tertiary/aromatic N) is 2. The standard InChI is InChI=1S/C22H28FN3O4/c1-28-12-13-29-18-6-11-30-22(15-18)7-9-26(10-8-22)21(27)20-14-19(24-25-20)16-2-4-17(23)5-3-16/h2-5,14,18H,6-13,15H2,1H3,(H,24,25). The van der Waals surface area contributed by atoms with Gasteiger partial charge in [0.2, 0.25) is 0 Å². The second-order valence-electron chi connectivity index (χ2n) is 7.98. The first-order chi connectivity index (χ1) is 14.6. The van der Waals surface area contributed by atoms with Gasteiger partial charge in [-0.25, -0.2) is 4.39 Å². The summed E-state index contributed by atoms with van der Waals surface area (Å²) in [5, 5.41) is 7.04. The molecular formula is C22H28FN3O4. The summed E-state index contributed by atoms with van der Waals surface area (Å²) in [6.45, 7) is 3.14. The molecule has 2 fully saturated rings. The minimum atomic E-state index is -0.302. The van der Waals surface area contributed by atoms with Gasteiger partial charge in [-0.2, -0.15) is 5.10 Å². The Morgan fingerprint density at radius 3 is 2.80 bits per heavy atom. The first kappa shape index (κ1) is 21.0. The van der Waals surface area contributed by atoms with Gasteiger partial charge in [0.25, 0.3) is 5.91 Å². The SMILES string of the molecule is COCCOC1CCOC2(CCN(C(=O)c3cc(-c4ccc(F)cc4)n[nH]3)CC2)C1. The highest BCUT2D eigenvalue weighted by Crippen LogP contribution is 2.36. The van der Waals surface area contributed by atoms with Crippen LogP contribution in [0.25, 0.3) is 11.3 Å². The van der Waals surface area contributed by atoms with Crippen molar-refractivity contribution in [2.24, 2.45) is 0 Å². The number of H-pyrrole nitrogens is 1. The second-order valence-corrected chi connectivity index (χ2v) is 7.98. The zero-order valence-electron chi connectivity index (χ0n) is 17.2. The Bertz CT molecular complexity index is 846. The lowest BCUT2D eigenvalue weighted by molar-refractivity contribution is -0.154. The largest absolute Gasteiger partial charge is 0.382 e. The zero-order chi connectivity index (χ0) is 21.0. The number of hydrogen-bond acceptors (Lipinski definition) is 5. The van der Waals surface area contributed by atoms with E-state index in [-0.39, 0.29) is 23.4 Å². The lowest BCUT2D eigenvalue weighted by atomic mass is 9.83. The number of halogens is 1. The van der Waals surface area contributed by atoms with Crippen molar-refractivity contribution in [1.29, 1.82) is 0 Å². The van der Waals surface area contributed by atoms with Crippen LogP contribution in [0.1, 0.15) is 36.2 Å². The molecule has 2 saturated heterocycles. The fourth-order valence-electron chi connectivity index (χ4n) is 4.26. The maximum atomic E-state index is 13.1. The highest BCUT2D eigenvalue weighted by molar-refractivity contribution is 5.93. The fraction of sp³-hybridized carbons (Fsp3) is 0.545. The molecule has 4 rings (SSSR count). The molecule has 30 heavy (non-hydrogen) atoms. The van der Waals surface area contributed by atoms with Crippen molar-refractivity contribution in [2.45, 2.75) is 37.4 Å². The minimum Gasteiger partial charge on any atom is -0.382 e. The number of piperidine rings is 1. The van der Waals surface area contributed by atoms with E-state index in [0.717, 1.165) is 31.2 Å². The maximum Gasteiger partial charge on any atom is 0.271 e. The van der Waals surface area contributed by atoms with Crippen molar-refractivity contribution in [2.75, 3.05) is 40.0 Å². The van der Waals surface area contributed by atoms with E-state index in [1.54, 1.807) is 25.3 Å². The highest BCUT2D eigenvalue weighted by Gasteiger charge is 2.41. The van der Waals surface area contributed by atoms with Crippen molar-refractivity contribution in [1.82, 2.24) is 15.1 Å². The molecule has 1 aromatic heterocycles. The normalized spacial score (nSPS) is 21.1. The van der Waals surface area contributed by atoms with Crippen molar-refractivity contribution in [3.63, 3.8) is 0 Å². The number of aromatic nitrogens is 2. The number of methoxy groups -OCH3 is 1. The van der Waals surface area contributed by atoms with Gasteiger partial charge in [-0.3, -0.25) is 9.89 Å². The monoisotopic (exact) mass is 417 g/mol. The van der Waals surface area contributed by atoms with Crippen LogP contribution in [-0.2, 0) is 14.2 Å². The topological polar surface area (TPSA) is 76.7 Å². The van der Waals surface area contributed by atoms with E-state index in [2.05, 4.69) is 10.2 Å². The van der Waals surface area contributed by atoms with Crippen LogP contribution in [0.4, 0.5) is 4.39 Å². The molecule has 162 valence electrons. The number of rotatable bonds is 6. The molecule has 1 atom stereocenters. The number of nitrogens with one attached hydrogen (secondary N) is 1. The summed E-state index contributed by atoms with van der Waals surface area (Å²) in [6.07, 6.45) is 3.53. The van der Waals surface area contributed by atoms with E-state index in [1.165, 1.54) is 12.1 Å². The summed E-state index contributed by atoms with van der Waals surface area (Å²) in [5.41, 5.74) is 1.62. The van der Waals surface area contributed by atoms with Crippen LogP contribution in [0.2, 0.25) is 0 Å². The van der Waals surface area contributed by atoms with Crippen molar-refractivity contribution in [3.8, 4) is 11.3 Å². The summed E-state index contributed by atoms with van der Waals surface area (Å²) in [5.74, 6) is -0.376. The van der Waals surface area contributed by atoms with Gasteiger partial charge in [-0.15, -0.1) is 0 Å². The van der Waals surface area contributed by atoms with Crippen LogP contribution in [0, 0.1) is 5.82 Å². The average molecular weight is 417 g/mol. The van der Waals surface area contributed by atoms with Crippen molar-refractivity contribution in [3.05, 3.63) is 41.8 Å². The molecule has 0 bridgehead atoms. The summed E-state index contributed by atoms with van der Waals surface area (Å²) in [7, 11) is 1.67. The Kier molecular flexibility index (Phi) is 6.46. The van der Waals surface area contributed by atoms with Gasteiger partial charge in [0.1, 0.15) is 11.5 Å². The Morgan fingerprint density at radius 2 is 2.07 bits per heavy atom. The molecule has 1 aromatic carbocycles. The van der Waals surface area contributed by atoms with Crippen molar-refractivity contribution >= 4 is 5.91 Å². The van der Waals surface area contributed by atoms with Gasteiger partial charge in [0.15, 0.2) is 0 Å². The van der Waals surface area contributed by atoms with E-state index in [1.807, 2.05) is 4.90 Å². The molecular weight excluding hydrogens is 389 g/mol. The van der Waals surface area contributed by atoms with Crippen LogP contribution in [0.5, 0.6) is 0 Å². The van der Waals surface area contributed by atoms with E-state index in [0.29, 0.717) is 44.3 Å². The van der Waals surface area contributed by atoms with Crippen molar-refractivity contribution < 1.29 is 23.4 Å². The van der Waals surface area contributed by atoms with Gasteiger partial charge < -0.3 is 19.1 Å². The van der Waals surface area contributed by atoms with E-state index in [9.17, 15) is 9.18 Å². The first-order valence-electron chi connectivity index (χ1n) is 10.4. The Hall–Kier alpha value is -2.29. The minimum absolute atomic E-state index is 0.0746. The third kappa shape index (κ3) is 4.71. The molecule has 2 aliphatic rings. The smallest absolute Gasteiger partial charge is 0.271 e. The van der Waals surface area contributed by atoms with Gasteiger partial charge in [0, 0.05) is 38.8 Å². The van der Waals surface area contributed by atoms with Crippen LogP contribution < -0.4 is 0 Å². The number of likely N-dealkylation sites (tertiary alicyclic amines) is 1. The highest BCUT2D eigenvalue weighted by atomic mass is 19.1.